The van der Waals surface area contributed by atoms with E-state index in [0.717, 1.165) is 5.76 Å². The number of rotatable bonds is 2. The van der Waals surface area contributed by atoms with Crippen molar-refractivity contribution in [2.75, 3.05) is 0 Å². The molecule has 1 aromatic heterocycles. The number of hydrogen-bond donors (Lipinski definition) is 1. The van der Waals surface area contributed by atoms with Crippen molar-refractivity contribution in [3.05, 3.63) is 24.2 Å². The van der Waals surface area contributed by atoms with E-state index in [1.54, 1.807) is 6.26 Å². The van der Waals surface area contributed by atoms with Gasteiger partial charge in [-0.25, -0.2) is 0 Å². The maximum absolute atomic E-state index is 5.95. The lowest BCUT2D eigenvalue weighted by atomic mass is 9.79. The Hall–Kier alpha value is -0.470. The highest BCUT2D eigenvalue weighted by Crippen LogP contribution is 2.35. The Morgan fingerprint density at radius 3 is 2.67 bits per heavy atom. The van der Waals surface area contributed by atoms with Gasteiger partial charge in [-0.05, 0) is 30.9 Å². The summed E-state index contributed by atoms with van der Waals surface area (Å²) in [7, 11) is 0. The zero-order valence-corrected chi connectivity index (χ0v) is 7.72. The molecule has 1 fully saturated rings. The molecule has 0 saturated heterocycles. The van der Waals surface area contributed by atoms with E-state index in [9.17, 15) is 0 Å². The van der Waals surface area contributed by atoms with Crippen molar-refractivity contribution in [2.24, 2.45) is 11.7 Å². The van der Waals surface area contributed by atoms with Gasteiger partial charge >= 0.3 is 0 Å². The van der Waals surface area contributed by atoms with Crippen molar-refractivity contribution in [2.45, 2.75) is 25.3 Å². The molecular formula is C9H14ClNO. The Bertz CT molecular complexity index is 218. The molecule has 1 unspecified atom stereocenters. The molecule has 12 heavy (non-hydrogen) atoms. The summed E-state index contributed by atoms with van der Waals surface area (Å²) in [5.74, 6) is 1.61. The molecule has 2 N–H and O–H groups in total. The zero-order chi connectivity index (χ0) is 7.68. The van der Waals surface area contributed by atoms with Gasteiger partial charge in [-0.15, -0.1) is 12.4 Å². The standard InChI is InChI=1S/C9H13NO.ClH/c10-9(7-3-1-4-7)8-5-2-6-11-8;/h2,5-7,9H,1,3-4,10H2;1H. The topological polar surface area (TPSA) is 39.2 Å². The average molecular weight is 188 g/mol. The lowest BCUT2D eigenvalue weighted by molar-refractivity contribution is 0.241. The van der Waals surface area contributed by atoms with Gasteiger partial charge in [0.15, 0.2) is 0 Å². The highest BCUT2D eigenvalue weighted by Gasteiger charge is 2.26. The van der Waals surface area contributed by atoms with E-state index < -0.39 is 0 Å². The lowest BCUT2D eigenvalue weighted by Gasteiger charge is -2.29. The van der Waals surface area contributed by atoms with Gasteiger partial charge < -0.3 is 10.2 Å². The monoisotopic (exact) mass is 187 g/mol. The van der Waals surface area contributed by atoms with Crippen LogP contribution in [-0.2, 0) is 0 Å². The van der Waals surface area contributed by atoms with Crippen LogP contribution in [-0.4, -0.2) is 0 Å². The molecule has 0 spiro atoms. The number of nitrogens with two attached hydrogens (primary N) is 1. The molecule has 0 bridgehead atoms. The molecule has 0 amide bonds. The van der Waals surface area contributed by atoms with Crippen LogP contribution in [0.25, 0.3) is 0 Å². The second kappa shape index (κ2) is 3.97. The van der Waals surface area contributed by atoms with Crippen LogP contribution in [0.4, 0.5) is 0 Å². The first-order valence-electron chi connectivity index (χ1n) is 4.17. The fourth-order valence-corrected chi connectivity index (χ4v) is 1.51. The van der Waals surface area contributed by atoms with E-state index in [1.165, 1.54) is 19.3 Å². The van der Waals surface area contributed by atoms with Crippen LogP contribution in [0.3, 0.4) is 0 Å². The van der Waals surface area contributed by atoms with Crippen LogP contribution in [0.1, 0.15) is 31.1 Å². The average Bonchev–Trinajstić information content (AvgIpc) is 2.32. The molecule has 0 radical (unpaired) electrons. The molecule has 1 aliphatic rings. The van der Waals surface area contributed by atoms with Crippen LogP contribution >= 0.6 is 12.4 Å². The zero-order valence-electron chi connectivity index (χ0n) is 6.90. The van der Waals surface area contributed by atoms with Crippen LogP contribution in [0.15, 0.2) is 22.8 Å². The molecule has 68 valence electrons. The molecule has 2 rings (SSSR count). The molecule has 1 heterocycles. The largest absolute Gasteiger partial charge is 0.468 e. The number of halogens is 1. The fourth-order valence-electron chi connectivity index (χ4n) is 1.51. The highest BCUT2D eigenvalue weighted by molar-refractivity contribution is 5.85. The lowest BCUT2D eigenvalue weighted by Crippen LogP contribution is -2.26. The van der Waals surface area contributed by atoms with Gasteiger partial charge in [0, 0.05) is 0 Å². The molecule has 0 aromatic carbocycles. The summed E-state index contributed by atoms with van der Waals surface area (Å²) < 4.78 is 5.23. The molecule has 2 nitrogen and oxygen atoms in total. The van der Waals surface area contributed by atoms with E-state index >= 15 is 0 Å². The highest BCUT2D eigenvalue weighted by atomic mass is 35.5. The van der Waals surface area contributed by atoms with E-state index in [0.29, 0.717) is 5.92 Å². The van der Waals surface area contributed by atoms with E-state index in [2.05, 4.69) is 0 Å². The second-order valence-electron chi connectivity index (χ2n) is 3.23. The SMILES string of the molecule is Cl.NC(c1ccco1)C1CCC1. The van der Waals surface area contributed by atoms with Crippen LogP contribution < -0.4 is 5.73 Å². The van der Waals surface area contributed by atoms with Gasteiger partial charge in [-0.3, -0.25) is 0 Å². The van der Waals surface area contributed by atoms with Crippen LogP contribution in [0, 0.1) is 5.92 Å². The van der Waals surface area contributed by atoms with Crippen molar-refractivity contribution in [1.82, 2.24) is 0 Å². The third kappa shape index (κ3) is 1.65. The predicted molar refractivity (Wildman–Crippen MR) is 50.2 cm³/mol. The fraction of sp³-hybridized carbons (Fsp3) is 0.556. The summed E-state index contributed by atoms with van der Waals surface area (Å²) >= 11 is 0. The predicted octanol–water partition coefficient (Wildman–Crippen LogP) is 2.50. The Morgan fingerprint density at radius 1 is 1.50 bits per heavy atom. The summed E-state index contributed by atoms with van der Waals surface area (Å²) in [4.78, 5) is 0. The first kappa shape index (κ1) is 9.62. The summed E-state index contributed by atoms with van der Waals surface area (Å²) in [6.07, 6.45) is 5.55. The van der Waals surface area contributed by atoms with Crippen molar-refractivity contribution < 1.29 is 4.42 Å². The normalized spacial score (nSPS) is 19.4. The van der Waals surface area contributed by atoms with Gasteiger partial charge in [0.25, 0.3) is 0 Å². The van der Waals surface area contributed by atoms with Crippen molar-refractivity contribution in [1.29, 1.82) is 0 Å². The van der Waals surface area contributed by atoms with Gasteiger partial charge in [-0.2, -0.15) is 0 Å². The van der Waals surface area contributed by atoms with E-state index in [-0.39, 0.29) is 18.4 Å². The third-order valence-electron chi connectivity index (χ3n) is 2.53. The Morgan fingerprint density at radius 2 is 2.25 bits per heavy atom. The Balaban J connectivity index is 0.000000720. The van der Waals surface area contributed by atoms with Gasteiger partial charge in [0.2, 0.25) is 0 Å². The molecule has 1 aromatic rings. The van der Waals surface area contributed by atoms with Gasteiger partial charge in [-0.1, -0.05) is 6.42 Å². The minimum absolute atomic E-state index is 0. The molecule has 1 aliphatic carbocycles. The Labute approximate surface area is 78.5 Å². The molecule has 1 atom stereocenters. The first-order valence-corrected chi connectivity index (χ1v) is 4.17. The number of furan rings is 1. The van der Waals surface area contributed by atoms with E-state index in [4.69, 9.17) is 10.2 Å². The molecule has 1 saturated carbocycles. The summed E-state index contributed by atoms with van der Waals surface area (Å²) in [6, 6.07) is 4.00. The maximum Gasteiger partial charge on any atom is 0.120 e. The van der Waals surface area contributed by atoms with Crippen LogP contribution in [0.5, 0.6) is 0 Å². The van der Waals surface area contributed by atoms with Crippen molar-refractivity contribution >= 4 is 12.4 Å². The Kier molecular flexibility index (Phi) is 3.18. The minimum atomic E-state index is 0. The summed E-state index contributed by atoms with van der Waals surface area (Å²) in [6.45, 7) is 0. The number of hydrogen-bond acceptors (Lipinski definition) is 2. The summed E-state index contributed by atoms with van der Waals surface area (Å²) in [5.41, 5.74) is 5.95. The van der Waals surface area contributed by atoms with E-state index in [1.807, 2.05) is 12.1 Å². The molecule has 3 heteroatoms. The smallest absolute Gasteiger partial charge is 0.120 e. The summed E-state index contributed by atoms with van der Waals surface area (Å²) in [5, 5.41) is 0. The van der Waals surface area contributed by atoms with Crippen molar-refractivity contribution in [3.8, 4) is 0 Å². The second-order valence-corrected chi connectivity index (χ2v) is 3.23. The van der Waals surface area contributed by atoms with Crippen LogP contribution in [0.2, 0.25) is 0 Å². The van der Waals surface area contributed by atoms with Crippen molar-refractivity contribution in [3.63, 3.8) is 0 Å². The maximum atomic E-state index is 5.95. The quantitative estimate of drug-likeness (QED) is 0.773. The van der Waals surface area contributed by atoms with Gasteiger partial charge in [0.05, 0.1) is 12.3 Å². The third-order valence-corrected chi connectivity index (χ3v) is 2.53. The molecule has 0 aliphatic heterocycles. The minimum Gasteiger partial charge on any atom is -0.468 e. The van der Waals surface area contributed by atoms with Gasteiger partial charge in [0.1, 0.15) is 5.76 Å². The molecular weight excluding hydrogens is 174 g/mol. The first-order chi connectivity index (χ1) is 5.38.